The fourth-order valence-corrected chi connectivity index (χ4v) is 9.82. The van der Waals surface area contributed by atoms with Crippen molar-refractivity contribution >= 4 is 11.6 Å². The highest BCUT2D eigenvalue weighted by Gasteiger charge is 2.73. The second-order valence-electron chi connectivity index (χ2n) is 16.1. The fourth-order valence-electron chi connectivity index (χ4n) is 9.82. The van der Waals surface area contributed by atoms with Crippen molar-refractivity contribution in [1.82, 2.24) is 0 Å². The number of phenols is 1. The highest BCUT2D eigenvalue weighted by Crippen LogP contribution is 2.72. The van der Waals surface area contributed by atoms with Crippen LogP contribution >= 0.6 is 0 Å². The Morgan fingerprint density at radius 2 is 1.68 bits per heavy atom. The van der Waals surface area contributed by atoms with Gasteiger partial charge in [0.05, 0.1) is 23.7 Å². The highest BCUT2D eigenvalue weighted by atomic mass is 16.7. The molecule has 12 heteroatoms. The van der Waals surface area contributed by atoms with Gasteiger partial charge in [-0.1, -0.05) is 13.8 Å². The van der Waals surface area contributed by atoms with Gasteiger partial charge in [0.1, 0.15) is 35.8 Å². The van der Waals surface area contributed by atoms with Crippen LogP contribution in [0.25, 0.3) is 0 Å². The first-order valence-corrected chi connectivity index (χ1v) is 16.6. The molecule has 5 unspecified atom stereocenters. The molecule has 1 aliphatic heterocycles. The molecule has 47 heavy (non-hydrogen) atoms. The van der Waals surface area contributed by atoms with Gasteiger partial charge in [-0.15, -0.1) is 0 Å². The number of phenolic OH excluding ortho intramolecular Hbond substituents is 1. The predicted octanol–water partition coefficient (Wildman–Crippen LogP) is 0.937. The van der Waals surface area contributed by atoms with Gasteiger partial charge in [-0.05, 0) is 99.8 Å². The normalized spacial score (nSPS) is 41.4. The van der Waals surface area contributed by atoms with Crippen molar-refractivity contribution in [2.45, 2.75) is 140 Å². The number of hydrogen-bond acceptors (Lipinski definition) is 12. The lowest BCUT2D eigenvalue weighted by molar-refractivity contribution is -0.277. The van der Waals surface area contributed by atoms with E-state index in [4.69, 9.17) is 9.47 Å². The van der Waals surface area contributed by atoms with E-state index >= 15 is 0 Å². The van der Waals surface area contributed by atoms with E-state index in [9.17, 15) is 50.4 Å². The lowest BCUT2D eigenvalue weighted by Crippen LogP contribution is -2.63. The second-order valence-corrected chi connectivity index (χ2v) is 16.1. The number of ether oxygens (including phenoxy) is 2. The highest BCUT2D eigenvalue weighted by molar-refractivity contribution is 5.94. The van der Waals surface area contributed by atoms with Crippen LogP contribution in [-0.2, 0) is 26.2 Å². The minimum atomic E-state index is -1.95. The van der Waals surface area contributed by atoms with Crippen molar-refractivity contribution in [2.75, 3.05) is 6.61 Å². The zero-order valence-corrected chi connectivity index (χ0v) is 28.4. The number of rotatable bonds is 8. The Kier molecular flexibility index (Phi) is 9.01. The maximum atomic E-state index is 14.6. The first-order chi connectivity index (χ1) is 21.6. The van der Waals surface area contributed by atoms with E-state index in [-0.39, 0.29) is 48.9 Å². The molecule has 0 aromatic heterocycles. The van der Waals surface area contributed by atoms with Crippen molar-refractivity contribution in [3.05, 3.63) is 22.8 Å². The number of aromatic hydroxyl groups is 1. The van der Waals surface area contributed by atoms with E-state index < -0.39 is 82.6 Å². The summed E-state index contributed by atoms with van der Waals surface area (Å²) in [7, 11) is 0. The molecule has 12 nitrogen and oxygen atoms in total. The molecule has 3 fully saturated rings. The molecule has 12 atom stereocenters. The standard InChI is InChI=1S/C35H52O12/c1-16-17-8-9-22-32(4)13-19(37)29(35(7,45)23(38)10-11-31(2,3)44)33(32,5)14-24(39)34(22,6)18(17)12-20(25(16)40)46-30-28(43)27(42)26(41)21(15-36)47-30/h12,19,21-22,26-30,36-37,40-45H,8-11,13-15H2,1-7H3/t19-,21?,22+,26?,27?,28?,29+,30?,32+,33-,34+,35+/m1/s1. The van der Waals surface area contributed by atoms with E-state index in [2.05, 4.69) is 0 Å². The minimum Gasteiger partial charge on any atom is -0.504 e. The summed E-state index contributed by atoms with van der Waals surface area (Å²) in [4.78, 5) is 28.0. The first kappa shape index (κ1) is 36.1. The number of benzene rings is 1. The van der Waals surface area contributed by atoms with Crippen LogP contribution in [0.15, 0.2) is 6.07 Å². The fraction of sp³-hybridized carbons (Fsp3) is 0.771. The summed E-state index contributed by atoms with van der Waals surface area (Å²) in [5.41, 5.74) is -3.99. The summed E-state index contributed by atoms with van der Waals surface area (Å²) in [5, 5.41) is 85.5. The van der Waals surface area contributed by atoms with Gasteiger partial charge in [0.2, 0.25) is 6.29 Å². The Hall–Kier alpha value is -2.16. The van der Waals surface area contributed by atoms with Crippen molar-refractivity contribution in [3.63, 3.8) is 0 Å². The van der Waals surface area contributed by atoms with Gasteiger partial charge in [0.15, 0.2) is 17.3 Å². The second kappa shape index (κ2) is 11.7. The number of fused-ring (bicyclic) bond motifs is 5. The topological polar surface area (TPSA) is 214 Å². The SMILES string of the molecule is Cc1c(O)c(OC2OC(CO)C(O)C(O)C2O)cc2c1CC[C@@H]1[C@@]2(C)C(=O)C[C@]2(C)[C@@H]([C@@](C)(O)C(=O)CCC(C)(C)O)[C@H](O)C[C@@]12C. The summed E-state index contributed by atoms with van der Waals surface area (Å²) >= 11 is 0. The zero-order valence-electron chi connectivity index (χ0n) is 28.4. The van der Waals surface area contributed by atoms with Crippen molar-refractivity contribution in [2.24, 2.45) is 22.7 Å². The van der Waals surface area contributed by atoms with Crippen LogP contribution < -0.4 is 4.74 Å². The van der Waals surface area contributed by atoms with Crippen LogP contribution in [0.1, 0.15) is 90.3 Å². The van der Waals surface area contributed by atoms with Gasteiger partial charge in [0.25, 0.3) is 0 Å². The molecule has 4 aliphatic rings. The van der Waals surface area contributed by atoms with Crippen LogP contribution in [0.4, 0.5) is 0 Å². The lowest BCUT2D eigenvalue weighted by Gasteiger charge is -2.61. The van der Waals surface area contributed by atoms with Gasteiger partial charge >= 0.3 is 0 Å². The van der Waals surface area contributed by atoms with Gasteiger partial charge in [-0.2, -0.15) is 0 Å². The smallest absolute Gasteiger partial charge is 0.229 e. The molecule has 0 amide bonds. The third-order valence-electron chi connectivity index (χ3n) is 12.7. The predicted molar refractivity (Wildman–Crippen MR) is 168 cm³/mol. The maximum absolute atomic E-state index is 14.6. The Balaban J connectivity index is 1.53. The van der Waals surface area contributed by atoms with Gasteiger partial charge in [0, 0.05) is 18.8 Å². The molecule has 0 radical (unpaired) electrons. The molecule has 1 aromatic rings. The zero-order chi connectivity index (χ0) is 35.2. The number of Topliss-reactive ketones (excluding diaryl/α,β-unsaturated/α-hetero) is 2. The quantitative estimate of drug-likeness (QED) is 0.195. The number of aliphatic hydroxyl groups is 7. The largest absolute Gasteiger partial charge is 0.504 e. The number of ketones is 2. The van der Waals surface area contributed by atoms with Crippen molar-refractivity contribution < 1.29 is 59.9 Å². The summed E-state index contributed by atoms with van der Waals surface area (Å²) in [6.45, 7) is 11.4. The molecular formula is C35H52O12. The van der Waals surface area contributed by atoms with E-state index in [1.807, 2.05) is 20.8 Å². The number of carbonyl (C=O) groups excluding carboxylic acids is 2. The molecule has 0 bridgehead atoms. The molecule has 264 valence electrons. The Labute approximate surface area is 275 Å². The third kappa shape index (κ3) is 5.34. The summed E-state index contributed by atoms with van der Waals surface area (Å²) in [5.74, 6) is -2.26. The maximum Gasteiger partial charge on any atom is 0.229 e. The summed E-state index contributed by atoms with van der Waals surface area (Å²) in [6.07, 6.45) is -7.54. The third-order valence-corrected chi connectivity index (χ3v) is 12.7. The molecule has 8 N–H and O–H groups in total. The number of carbonyl (C=O) groups is 2. The lowest BCUT2D eigenvalue weighted by atomic mass is 9.41. The van der Waals surface area contributed by atoms with E-state index in [0.29, 0.717) is 24.0 Å². The van der Waals surface area contributed by atoms with Crippen LogP contribution in [0.5, 0.6) is 11.5 Å². The molecule has 2 saturated carbocycles. The van der Waals surface area contributed by atoms with E-state index in [1.54, 1.807) is 26.8 Å². The summed E-state index contributed by atoms with van der Waals surface area (Å²) in [6, 6.07) is 1.55. The average Bonchev–Trinajstić information content (AvgIpc) is 3.19. The van der Waals surface area contributed by atoms with Crippen LogP contribution in [0, 0.1) is 29.6 Å². The average molecular weight is 665 g/mol. The molecule has 3 aliphatic carbocycles. The molecule has 1 aromatic carbocycles. The van der Waals surface area contributed by atoms with Crippen molar-refractivity contribution in [3.8, 4) is 11.5 Å². The molecular weight excluding hydrogens is 612 g/mol. The van der Waals surface area contributed by atoms with Crippen LogP contribution in [-0.4, -0.2) is 107 Å². The Bertz CT molecular complexity index is 1420. The molecule has 1 heterocycles. The van der Waals surface area contributed by atoms with Gasteiger partial charge < -0.3 is 50.3 Å². The summed E-state index contributed by atoms with van der Waals surface area (Å²) < 4.78 is 11.4. The molecule has 1 saturated heterocycles. The Morgan fingerprint density at radius 1 is 1.04 bits per heavy atom. The molecule has 0 spiro atoms. The van der Waals surface area contributed by atoms with Crippen LogP contribution in [0.3, 0.4) is 0 Å². The van der Waals surface area contributed by atoms with Crippen LogP contribution in [0.2, 0.25) is 0 Å². The monoisotopic (exact) mass is 664 g/mol. The van der Waals surface area contributed by atoms with E-state index in [0.717, 1.165) is 5.56 Å². The van der Waals surface area contributed by atoms with Crippen molar-refractivity contribution in [1.29, 1.82) is 0 Å². The van der Waals surface area contributed by atoms with Gasteiger partial charge in [-0.25, -0.2) is 0 Å². The Morgan fingerprint density at radius 3 is 2.28 bits per heavy atom. The van der Waals surface area contributed by atoms with Gasteiger partial charge in [-0.3, -0.25) is 9.59 Å². The number of hydrogen-bond donors (Lipinski definition) is 8. The van der Waals surface area contributed by atoms with E-state index in [1.165, 1.54) is 6.92 Å². The first-order valence-electron chi connectivity index (χ1n) is 16.6. The number of aliphatic hydroxyl groups excluding tert-OH is 5. The minimum absolute atomic E-state index is 0.0323. The molecule has 5 rings (SSSR count).